The van der Waals surface area contributed by atoms with Crippen molar-refractivity contribution in [3.05, 3.63) is 66.1 Å². The third kappa shape index (κ3) is 4.94. The first-order valence-corrected chi connectivity index (χ1v) is 12.9. The summed E-state index contributed by atoms with van der Waals surface area (Å²) < 4.78 is 7.44. The average molecular weight is 472 g/mol. The van der Waals surface area contributed by atoms with Gasteiger partial charge in [0.25, 0.3) is 0 Å². The summed E-state index contributed by atoms with van der Waals surface area (Å²) >= 11 is 0. The molecule has 2 fully saturated rings. The highest BCUT2D eigenvalue weighted by Crippen LogP contribution is 2.29. The second kappa shape index (κ2) is 10.2. The van der Waals surface area contributed by atoms with Crippen molar-refractivity contribution in [1.29, 1.82) is 0 Å². The van der Waals surface area contributed by atoms with Crippen molar-refractivity contribution in [2.45, 2.75) is 38.1 Å². The van der Waals surface area contributed by atoms with E-state index < -0.39 is 0 Å². The molecule has 4 aromatic rings. The Hall–Kier alpha value is -3.23. The van der Waals surface area contributed by atoms with Crippen molar-refractivity contribution in [3.63, 3.8) is 0 Å². The quantitative estimate of drug-likeness (QED) is 0.411. The van der Waals surface area contributed by atoms with E-state index in [-0.39, 0.29) is 0 Å². The molecule has 1 N–H and O–H groups in total. The number of aromatic nitrogens is 4. The summed E-state index contributed by atoms with van der Waals surface area (Å²) in [5, 5.41) is 8.26. The lowest BCUT2D eigenvalue weighted by atomic mass is 9.89. The van der Waals surface area contributed by atoms with Crippen LogP contribution in [0.2, 0.25) is 0 Å². The molecule has 1 aromatic carbocycles. The van der Waals surface area contributed by atoms with Gasteiger partial charge in [-0.25, -0.2) is 9.97 Å². The van der Waals surface area contributed by atoms with Gasteiger partial charge in [-0.05, 0) is 75.5 Å². The third-order valence-electron chi connectivity index (χ3n) is 7.34. The van der Waals surface area contributed by atoms with Gasteiger partial charge in [-0.15, -0.1) is 5.10 Å². The summed E-state index contributed by atoms with van der Waals surface area (Å²) in [5.41, 5.74) is 3.40. The Morgan fingerprint density at radius 2 is 1.77 bits per heavy atom. The molecule has 0 saturated carbocycles. The second-order valence-corrected chi connectivity index (χ2v) is 9.69. The normalized spacial score (nSPS) is 17.9. The number of furan rings is 1. The van der Waals surface area contributed by atoms with Gasteiger partial charge in [0, 0.05) is 31.4 Å². The highest BCUT2D eigenvalue weighted by atomic mass is 16.3. The van der Waals surface area contributed by atoms with Crippen LogP contribution < -0.4 is 5.32 Å². The van der Waals surface area contributed by atoms with Crippen LogP contribution in [0.5, 0.6) is 0 Å². The van der Waals surface area contributed by atoms with Crippen LogP contribution >= 0.6 is 0 Å². The number of piperidine rings is 1. The molecule has 0 atom stereocenters. The van der Waals surface area contributed by atoms with Crippen LogP contribution in [0.15, 0.2) is 59.3 Å². The van der Waals surface area contributed by atoms with E-state index in [0.29, 0.717) is 17.5 Å². The molecule has 0 amide bonds. The fourth-order valence-corrected chi connectivity index (χ4v) is 5.38. The maximum absolute atomic E-state index is 5.59. The van der Waals surface area contributed by atoms with Crippen LogP contribution in [0, 0.1) is 0 Å². The maximum atomic E-state index is 5.59. The number of fused-ring (bicyclic) bond motifs is 1. The van der Waals surface area contributed by atoms with Gasteiger partial charge in [0.2, 0.25) is 11.8 Å². The van der Waals surface area contributed by atoms with E-state index in [1.54, 1.807) is 6.26 Å². The average Bonchev–Trinajstić information content (AvgIpc) is 3.68. The lowest BCUT2D eigenvalue weighted by molar-refractivity contribution is 0.205. The van der Waals surface area contributed by atoms with Gasteiger partial charge in [-0.3, -0.25) is 4.90 Å². The van der Waals surface area contributed by atoms with Crippen LogP contribution in [-0.2, 0) is 6.54 Å². The number of benzene rings is 1. The van der Waals surface area contributed by atoms with Crippen LogP contribution in [0.1, 0.15) is 42.7 Å². The summed E-state index contributed by atoms with van der Waals surface area (Å²) in [7, 11) is 0. The lowest BCUT2D eigenvalue weighted by Gasteiger charge is -2.32. The van der Waals surface area contributed by atoms with Crippen LogP contribution in [0.4, 0.5) is 5.95 Å². The van der Waals surface area contributed by atoms with Crippen molar-refractivity contribution >= 4 is 11.6 Å². The van der Waals surface area contributed by atoms with Crippen molar-refractivity contribution in [2.75, 3.05) is 44.6 Å². The van der Waals surface area contributed by atoms with E-state index in [0.717, 1.165) is 49.9 Å². The molecule has 2 saturated heterocycles. The number of likely N-dealkylation sites (tertiary alicyclic amines) is 2. The van der Waals surface area contributed by atoms with Crippen LogP contribution in [0.25, 0.3) is 17.2 Å². The first-order chi connectivity index (χ1) is 17.3. The standard InChI is InChI=1S/C27H33N7O/c1-2-7-21(8-3-1)22-10-15-33(16-11-22)20-23-19-29-27(28-12-17-32-13-4-5-14-32)34-26(23)30-25(31-34)24-9-6-18-35-24/h1-3,6-9,18-19,22H,4-5,10-17,20H2,(H,28,29). The Labute approximate surface area is 206 Å². The summed E-state index contributed by atoms with van der Waals surface area (Å²) in [4.78, 5) is 14.6. The minimum Gasteiger partial charge on any atom is -0.461 e. The summed E-state index contributed by atoms with van der Waals surface area (Å²) in [6.45, 7) is 7.20. The fraction of sp³-hybridized carbons (Fsp3) is 0.444. The van der Waals surface area contributed by atoms with Gasteiger partial charge < -0.3 is 14.6 Å². The first kappa shape index (κ1) is 22.2. The zero-order valence-electron chi connectivity index (χ0n) is 20.1. The Balaban J connectivity index is 1.19. The number of hydrogen-bond donors (Lipinski definition) is 1. The zero-order valence-corrected chi connectivity index (χ0v) is 20.1. The van der Waals surface area contributed by atoms with Crippen molar-refractivity contribution < 1.29 is 4.42 Å². The second-order valence-electron chi connectivity index (χ2n) is 9.69. The first-order valence-electron chi connectivity index (χ1n) is 12.9. The van der Waals surface area contributed by atoms with Gasteiger partial charge in [0.1, 0.15) is 0 Å². The predicted molar refractivity (Wildman–Crippen MR) is 136 cm³/mol. The molecule has 35 heavy (non-hydrogen) atoms. The molecular formula is C27H33N7O. The molecule has 0 bridgehead atoms. The third-order valence-corrected chi connectivity index (χ3v) is 7.34. The molecule has 0 spiro atoms. The molecule has 0 aliphatic carbocycles. The Bertz CT molecular complexity index is 1220. The van der Waals surface area contributed by atoms with E-state index in [9.17, 15) is 0 Å². The highest BCUT2D eigenvalue weighted by Gasteiger charge is 2.23. The monoisotopic (exact) mass is 471 g/mol. The minimum atomic E-state index is 0.592. The molecule has 182 valence electrons. The molecular weight excluding hydrogens is 438 g/mol. The SMILES string of the molecule is c1ccc(C2CCN(Cc3cnc(NCCN4CCCC4)n4nc(-c5ccco5)nc34)CC2)cc1. The number of hydrogen-bond acceptors (Lipinski definition) is 7. The van der Waals surface area contributed by atoms with Crippen molar-refractivity contribution in [3.8, 4) is 11.6 Å². The van der Waals surface area contributed by atoms with E-state index in [4.69, 9.17) is 19.5 Å². The van der Waals surface area contributed by atoms with Crippen molar-refractivity contribution in [2.24, 2.45) is 0 Å². The van der Waals surface area contributed by atoms with Gasteiger partial charge in [-0.2, -0.15) is 4.52 Å². The van der Waals surface area contributed by atoms with Crippen LogP contribution in [-0.4, -0.2) is 68.7 Å². The molecule has 2 aliphatic rings. The highest BCUT2D eigenvalue weighted by molar-refractivity contribution is 5.58. The topological polar surface area (TPSA) is 74.7 Å². The summed E-state index contributed by atoms with van der Waals surface area (Å²) in [5.74, 6) is 2.64. The molecule has 6 rings (SSSR count). The number of nitrogens with zero attached hydrogens (tertiary/aromatic N) is 6. The molecule has 8 heteroatoms. The van der Waals surface area contributed by atoms with Crippen LogP contribution in [0.3, 0.4) is 0 Å². The molecule has 0 radical (unpaired) electrons. The maximum Gasteiger partial charge on any atom is 0.225 e. The molecule has 2 aliphatic heterocycles. The number of anilines is 1. The lowest BCUT2D eigenvalue weighted by Crippen LogP contribution is -2.32. The Morgan fingerprint density at radius 1 is 0.943 bits per heavy atom. The molecule has 3 aromatic heterocycles. The molecule has 5 heterocycles. The zero-order chi connectivity index (χ0) is 23.5. The van der Waals surface area contributed by atoms with E-state index >= 15 is 0 Å². The van der Waals surface area contributed by atoms with E-state index in [1.807, 2.05) is 22.8 Å². The Kier molecular flexibility index (Phi) is 6.47. The van der Waals surface area contributed by atoms with E-state index in [1.165, 1.54) is 44.3 Å². The summed E-state index contributed by atoms with van der Waals surface area (Å²) in [6.07, 6.45) is 8.58. The summed E-state index contributed by atoms with van der Waals surface area (Å²) in [6, 6.07) is 14.7. The fourth-order valence-electron chi connectivity index (χ4n) is 5.38. The molecule has 8 nitrogen and oxygen atoms in total. The molecule has 0 unspecified atom stereocenters. The van der Waals surface area contributed by atoms with Gasteiger partial charge in [0.05, 0.1) is 6.26 Å². The van der Waals surface area contributed by atoms with Crippen molar-refractivity contribution in [1.82, 2.24) is 29.4 Å². The minimum absolute atomic E-state index is 0.592. The number of nitrogens with one attached hydrogen (secondary N) is 1. The van der Waals surface area contributed by atoms with E-state index in [2.05, 4.69) is 45.4 Å². The van der Waals surface area contributed by atoms with Gasteiger partial charge in [-0.1, -0.05) is 30.3 Å². The van der Waals surface area contributed by atoms with Gasteiger partial charge >= 0.3 is 0 Å². The Morgan fingerprint density at radius 3 is 2.54 bits per heavy atom. The predicted octanol–water partition coefficient (Wildman–Crippen LogP) is 4.27. The number of rotatable bonds is 8. The van der Waals surface area contributed by atoms with Gasteiger partial charge in [0.15, 0.2) is 11.4 Å². The smallest absolute Gasteiger partial charge is 0.225 e. The largest absolute Gasteiger partial charge is 0.461 e.